The highest BCUT2D eigenvalue weighted by Gasteiger charge is 2.38. The molecule has 0 nitrogen and oxygen atoms in total. The van der Waals surface area contributed by atoms with Gasteiger partial charge >= 0.3 is 37.1 Å². The molecule has 0 spiro atoms. The van der Waals surface area contributed by atoms with E-state index in [9.17, 15) is 96.6 Å². The molecule has 0 unspecified atom stereocenters. The van der Waals surface area contributed by atoms with Crippen molar-refractivity contribution in [1.82, 2.24) is 0 Å². The van der Waals surface area contributed by atoms with Crippen molar-refractivity contribution in [1.29, 1.82) is 0 Å². The Balaban J connectivity index is 0.000000601. The van der Waals surface area contributed by atoms with E-state index >= 15 is 0 Å². The zero-order chi connectivity index (χ0) is 83.5. The zero-order valence-corrected chi connectivity index (χ0v) is 65.8. The lowest BCUT2D eigenvalue weighted by Gasteiger charge is -2.12. The van der Waals surface area contributed by atoms with Crippen molar-refractivity contribution >= 4 is 55.1 Å². The summed E-state index contributed by atoms with van der Waals surface area (Å²) in [5.74, 6) is -2.61. The molecule has 0 aromatic heterocycles. The Morgan fingerprint density at radius 2 is 0.463 bits per heavy atom. The van der Waals surface area contributed by atoms with Crippen molar-refractivity contribution in [2.45, 2.75) is 148 Å². The molecular formula is C82H78Br2Cl2F22. The highest BCUT2D eigenvalue weighted by atomic mass is 79.9. The third-order valence-electron chi connectivity index (χ3n) is 15.4. The molecule has 10 aromatic carbocycles. The van der Waals surface area contributed by atoms with Crippen LogP contribution in [0.2, 0.25) is 10.0 Å². The molecule has 10 aromatic rings. The fourth-order valence-corrected chi connectivity index (χ4v) is 10.1. The van der Waals surface area contributed by atoms with E-state index in [1.54, 1.807) is 71.0 Å². The average Bonchev–Trinajstić information content (AvgIpc) is 0.826. The van der Waals surface area contributed by atoms with Crippen LogP contribution in [-0.4, -0.2) is 0 Å². The Hall–Kier alpha value is -7.80. The summed E-state index contributed by atoms with van der Waals surface area (Å²) in [6.45, 7) is 27.2. The zero-order valence-electron chi connectivity index (χ0n) is 61.1. The number of rotatable bonds is 0. The SMILES string of the molecule is Cc1cccc(C(F)(F)F)c1Br.Cc1cccc(C(F)(F)F)c1C.Cc1cccc(C(F)(F)F)c1Cl.Cc1cccc(C(F)(F)F)c1F.Cc1cccc(C)c1Br.Cc1cccc(C)c1C(F)(F)F.Cc1cccc(C)c1Cl.Cc1cccc(C)c1F.Cc1cccc(F)c1C.Cc1cccc(F)c1C(F)(F)F. The summed E-state index contributed by atoms with van der Waals surface area (Å²) >= 11 is 17.7. The molecule has 0 fully saturated rings. The van der Waals surface area contributed by atoms with Gasteiger partial charge in [-0.2, -0.15) is 79.0 Å². The van der Waals surface area contributed by atoms with Crippen molar-refractivity contribution in [3.8, 4) is 0 Å². The second kappa shape index (κ2) is 43.6. The first-order valence-electron chi connectivity index (χ1n) is 31.9. The minimum absolute atomic E-state index is 0.00447. The highest BCUT2D eigenvalue weighted by molar-refractivity contribution is 9.11. The fourth-order valence-electron chi connectivity index (χ4n) is 9.01. The number of aryl methyl sites for hydroxylation is 14. The van der Waals surface area contributed by atoms with Gasteiger partial charge in [0, 0.05) is 14.0 Å². The van der Waals surface area contributed by atoms with Crippen LogP contribution >= 0.6 is 55.1 Å². The lowest BCUT2D eigenvalue weighted by Crippen LogP contribution is -2.10. The third-order valence-corrected chi connectivity index (χ3v) is 18.8. The molecule has 0 aliphatic rings. The summed E-state index contributed by atoms with van der Waals surface area (Å²) < 4.78 is 271. The molecule has 0 atom stereocenters. The fraction of sp³-hybridized carbons (Fsp3) is 0.268. The minimum atomic E-state index is -4.60. The van der Waals surface area contributed by atoms with Crippen molar-refractivity contribution in [3.63, 3.8) is 0 Å². The average molecular weight is 1710 g/mol. The molecule has 0 bridgehead atoms. The summed E-state index contributed by atoms with van der Waals surface area (Å²) in [6, 6.07) is 45.9. The van der Waals surface area contributed by atoms with Crippen LogP contribution in [0.4, 0.5) is 96.6 Å². The van der Waals surface area contributed by atoms with Crippen LogP contribution < -0.4 is 0 Å². The predicted octanol–water partition coefficient (Wildman–Crippen LogP) is 31.3. The smallest absolute Gasteiger partial charge is 0.207 e. The molecule has 26 heteroatoms. The van der Waals surface area contributed by atoms with E-state index in [2.05, 4.69) is 63.9 Å². The lowest BCUT2D eigenvalue weighted by molar-refractivity contribution is -0.141. The van der Waals surface area contributed by atoms with Crippen molar-refractivity contribution in [2.75, 3.05) is 0 Å². The highest BCUT2D eigenvalue weighted by Crippen LogP contribution is 2.39. The van der Waals surface area contributed by atoms with Crippen LogP contribution in [0.3, 0.4) is 0 Å². The second-order valence-corrected chi connectivity index (χ2v) is 26.4. The third kappa shape index (κ3) is 32.8. The Bertz CT molecular complexity index is 3860. The van der Waals surface area contributed by atoms with Crippen LogP contribution in [0.5, 0.6) is 0 Å². The van der Waals surface area contributed by atoms with Gasteiger partial charge in [0.05, 0.1) is 38.4 Å². The molecular weight excluding hydrogens is 1630 g/mol. The lowest BCUT2D eigenvalue weighted by atomic mass is 10.0. The summed E-state index contributed by atoms with van der Waals surface area (Å²) in [4.78, 5) is 0. The monoisotopic (exact) mass is 1710 g/mol. The maximum Gasteiger partial charge on any atom is 0.419 e. The largest absolute Gasteiger partial charge is 0.419 e. The van der Waals surface area contributed by atoms with E-state index in [1.807, 2.05) is 51.1 Å². The molecule has 0 saturated carbocycles. The molecule has 588 valence electrons. The maximum absolute atomic E-state index is 12.8. The van der Waals surface area contributed by atoms with Crippen LogP contribution in [0.15, 0.2) is 191 Å². The van der Waals surface area contributed by atoms with Crippen LogP contribution in [-0.2, 0) is 37.1 Å². The number of hydrogen-bond acceptors (Lipinski definition) is 0. The van der Waals surface area contributed by atoms with Gasteiger partial charge in [0.15, 0.2) is 0 Å². The van der Waals surface area contributed by atoms with E-state index in [0.29, 0.717) is 22.3 Å². The van der Waals surface area contributed by atoms with Gasteiger partial charge < -0.3 is 0 Å². The van der Waals surface area contributed by atoms with Crippen LogP contribution in [0.25, 0.3) is 0 Å². The van der Waals surface area contributed by atoms with Gasteiger partial charge in [-0.15, -0.1) is 0 Å². The van der Waals surface area contributed by atoms with Crippen LogP contribution in [0.1, 0.15) is 122 Å². The topological polar surface area (TPSA) is 0 Å². The van der Waals surface area contributed by atoms with E-state index in [1.165, 1.54) is 124 Å². The Labute approximate surface area is 642 Å². The molecule has 0 heterocycles. The first kappa shape index (κ1) is 98.2. The molecule has 0 amide bonds. The van der Waals surface area contributed by atoms with Gasteiger partial charge in [-0.25, -0.2) is 17.6 Å². The number of halogens is 26. The summed E-state index contributed by atoms with van der Waals surface area (Å²) in [7, 11) is 0. The Morgan fingerprint density at radius 1 is 0.213 bits per heavy atom. The van der Waals surface area contributed by atoms with Gasteiger partial charge in [0.1, 0.15) is 23.3 Å². The van der Waals surface area contributed by atoms with Crippen molar-refractivity contribution < 1.29 is 96.6 Å². The normalized spacial score (nSPS) is 11.1. The number of alkyl halides is 18. The van der Waals surface area contributed by atoms with Crippen molar-refractivity contribution in [2.24, 2.45) is 0 Å². The number of benzene rings is 10. The van der Waals surface area contributed by atoms with E-state index in [-0.39, 0.29) is 43.4 Å². The molecule has 0 aliphatic carbocycles. The van der Waals surface area contributed by atoms with Gasteiger partial charge in [-0.1, -0.05) is 185 Å². The van der Waals surface area contributed by atoms with E-state index in [0.717, 1.165) is 68.7 Å². The molecule has 0 N–H and O–H groups in total. The molecule has 0 saturated heterocycles. The first-order chi connectivity index (χ1) is 49.4. The standard InChI is InChI=1S/2C9H9F3.C8H6BrF3.C8H9Br.C8H6ClF3.C8H9Cl.2C8H6F4.2C8H9F/c1-6-4-3-5-8(7(6)2)9(10,11)12;1-6-4-3-5-7(2)8(6)9(10,11)12;1-5-3-2-4-6(7(5)9)8(10,11)12;1-6-4-3-5-7(2)8(6)9;1-5-3-2-4-6(7(5)9)8(10,11)12;1-6-4-3-5-7(2)8(6)9;1-5-3-2-4-6(9)7(5)8(10,11)12;1-5-3-2-4-6(7(5)9)8(10,11)12;1-6-4-3-5-8(9)7(6)2;1-6-4-3-5-7(2)8(6)9/h2*3-5H,1-2H3;2-4H,1H3;3-5H,1-2H3;2-4H,1H3;3-5H,1-2H3;2*2-4H,1H3;2*3-5H,1-2H3. The summed E-state index contributed by atoms with van der Waals surface area (Å²) in [6.07, 6.45) is -26.3. The molecule has 10 rings (SSSR count). The Kier molecular flexibility index (Phi) is 39.6. The molecule has 0 radical (unpaired) electrons. The molecule has 108 heavy (non-hydrogen) atoms. The van der Waals surface area contributed by atoms with Crippen molar-refractivity contribution in [3.05, 3.63) is 347 Å². The minimum Gasteiger partial charge on any atom is -0.207 e. The van der Waals surface area contributed by atoms with Crippen LogP contribution in [0, 0.1) is 134 Å². The maximum atomic E-state index is 12.8. The van der Waals surface area contributed by atoms with E-state index in [4.69, 9.17) is 23.2 Å². The van der Waals surface area contributed by atoms with Gasteiger partial charge in [0.25, 0.3) is 0 Å². The predicted molar refractivity (Wildman–Crippen MR) is 395 cm³/mol. The quantitative estimate of drug-likeness (QED) is 0.133. The second-order valence-electron chi connectivity index (χ2n) is 24.0. The summed E-state index contributed by atoms with van der Waals surface area (Å²) in [5.41, 5.74) is 5.74. The van der Waals surface area contributed by atoms with E-state index < -0.39 is 82.1 Å². The van der Waals surface area contributed by atoms with Gasteiger partial charge in [0.2, 0.25) is 0 Å². The summed E-state index contributed by atoms with van der Waals surface area (Å²) in [5, 5.41) is 0.669. The Morgan fingerprint density at radius 3 is 0.722 bits per heavy atom. The molecule has 0 aliphatic heterocycles. The first-order valence-corrected chi connectivity index (χ1v) is 34.2. The van der Waals surface area contributed by atoms with Gasteiger partial charge in [-0.3, -0.25) is 0 Å². The van der Waals surface area contributed by atoms with Gasteiger partial charge in [-0.05, 0) is 252 Å². The number of hydrogen-bond donors (Lipinski definition) is 0.